The maximum atomic E-state index is 13.7. The number of amides is 1. The van der Waals surface area contributed by atoms with Crippen LogP contribution in [0.3, 0.4) is 0 Å². The predicted molar refractivity (Wildman–Crippen MR) is 139 cm³/mol. The summed E-state index contributed by atoms with van der Waals surface area (Å²) in [4.78, 5) is 38.9. The lowest BCUT2D eigenvalue weighted by atomic mass is 9.95. The minimum atomic E-state index is -0.825. The lowest BCUT2D eigenvalue weighted by Gasteiger charge is -2.24. The number of nitrogens with zero attached hydrogens (tertiary/aromatic N) is 3. The zero-order chi connectivity index (χ0) is 24.1. The van der Waals surface area contributed by atoms with Crippen molar-refractivity contribution < 1.29 is 14.7 Å². The quantitative estimate of drug-likeness (QED) is 0.235. The summed E-state index contributed by atoms with van der Waals surface area (Å²) in [5.74, 6) is -1.63. The Bertz CT molecular complexity index is 1490. The molecule has 172 valence electrons. The van der Waals surface area contributed by atoms with Crippen LogP contribution in [0.15, 0.2) is 58.7 Å². The van der Waals surface area contributed by atoms with Gasteiger partial charge in [-0.15, -0.1) is 23.1 Å². The van der Waals surface area contributed by atoms with Gasteiger partial charge in [0.05, 0.1) is 37.4 Å². The number of Topliss-reactive ketones (excluding diaryl/α,β-unsaturated/α-hetero) is 1. The van der Waals surface area contributed by atoms with E-state index in [0.717, 1.165) is 14.6 Å². The summed E-state index contributed by atoms with van der Waals surface area (Å²) in [6.07, 6.45) is 1.97. The molecule has 1 atom stereocenters. The first-order chi connectivity index (χ1) is 16.3. The molecule has 0 fully saturated rings. The molecule has 4 aromatic rings. The Hall–Kier alpha value is -2.72. The molecule has 5 rings (SSSR count). The van der Waals surface area contributed by atoms with Crippen molar-refractivity contribution in [1.82, 2.24) is 9.97 Å². The fraction of sp³-hybridized carbons (Fsp3) is 0.167. The van der Waals surface area contributed by atoms with Gasteiger partial charge in [-0.1, -0.05) is 35.1 Å². The van der Waals surface area contributed by atoms with Crippen molar-refractivity contribution in [1.29, 1.82) is 0 Å². The van der Waals surface area contributed by atoms with Gasteiger partial charge >= 0.3 is 0 Å². The SMILES string of the molecule is CSc1ccc(C2C(C(=O)c3sc(C)nc3C)=C(O)C(=O)N2c2nc3ccc(Cl)cc3s2)cc1. The molecule has 2 aromatic heterocycles. The standard InChI is InChI=1S/C24H18ClN3O3S3/c1-11-22(33-12(2)26-11)20(29)18-19(13-4-7-15(32-3)8-5-13)28(23(31)21(18)30)24-27-16-9-6-14(25)10-17(16)34-24/h4-10,19,30H,1-3H3. The van der Waals surface area contributed by atoms with Crippen LogP contribution in [0.2, 0.25) is 5.02 Å². The van der Waals surface area contributed by atoms with Crippen molar-refractivity contribution >= 4 is 73.1 Å². The number of hydrogen-bond acceptors (Lipinski definition) is 8. The van der Waals surface area contributed by atoms with Gasteiger partial charge in [0.1, 0.15) is 0 Å². The van der Waals surface area contributed by atoms with Crippen LogP contribution >= 0.6 is 46.0 Å². The second-order valence-electron chi connectivity index (χ2n) is 7.70. The Kier molecular flexibility index (Phi) is 5.97. The highest BCUT2D eigenvalue weighted by atomic mass is 35.5. The summed E-state index contributed by atoms with van der Waals surface area (Å²) in [5.41, 5.74) is 1.99. The summed E-state index contributed by atoms with van der Waals surface area (Å²) in [5, 5.41) is 12.7. The predicted octanol–water partition coefficient (Wildman–Crippen LogP) is 6.53. The fourth-order valence-electron chi connectivity index (χ4n) is 3.99. The molecule has 3 heterocycles. The number of aryl methyl sites for hydroxylation is 2. The molecule has 34 heavy (non-hydrogen) atoms. The molecule has 1 N–H and O–H groups in total. The number of hydrogen-bond donors (Lipinski definition) is 1. The molecule has 1 aliphatic rings. The van der Waals surface area contributed by atoms with Crippen LogP contribution in [0.25, 0.3) is 10.2 Å². The average Bonchev–Trinajstić information content (AvgIpc) is 3.46. The van der Waals surface area contributed by atoms with Crippen LogP contribution in [0.1, 0.15) is 32.0 Å². The van der Waals surface area contributed by atoms with Gasteiger partial charge in [-0.05, 0) is 56.0 Å². The number of aliphatic hydroxyl groups excluding tert-OH is 1. The fourth-order valence-corrected chi connectivity index (χ4v) is 6.54. The summed E-state index contributed by atoms with van der Waals surface area (Å²) in [6.45, 7) is 3.57. The molecule has 0 saturated carbocycles. The van der Waals surface area contributed by atoms with E-state index in [-0.39, 0.29) is 5.57 Å². The normalized spacial score (nSPS) is 16.2. The first kappa shape index (κ1) is 23.0. The van der Waals surface area contributed by atoms with E-state index in [2.05, 4.69) is 9.97 Å². The Morgan fingerprint density at radius 3 is 2.50 bits per heavy atom. The number of aromatic nitrogens is 2. The molecule has 0 aliphatic carbocycles. The van der Waals surface area contributed by atoms with Gasteiger partial charge in [0.2, 0.25) is 5.78 Å². The number of aliphatic hydroxyl groups is 1. The second kappa shape index (κ2) is 8.81. The minimum absolute atomic E-state index is 0.0333. The van der Waals surface area contributed by atoms with Gasteiger partial charge in [0.25, 0.3) is 5.91 Å². The molecule has 1 amide bonds. The number of thiazole rings is 2. The number of ketones is 1. The lowest BCUT2D eigenvalue weighted by Crippen LogP contribution is -2.31. The van der Waals surface area contributed by atoms with Gasteiger partial charge in [-0.3, -0.25) is 14.5 Å². The molecule has 2 aromatic carbocycles. The summed E-state index contributed by atoms with van der Waals surface area (Å²) in [6, 6.07) is 12.1. The van der Waals surface area contributed by atoms with Crippen LogP contribution < -0.4 is 4.90 Å². The minimum Gasteiger partial charge on any atom is -0.503 e. The Morgan fingerprint density at radius 2 is 1.85 bits per heavy atom. The largest absolute Gasteiger partial charge is 0.503 e. The number of carbonyl (C=O) groups is 2. The number of fused-ring (bicyclic) bond motifs is 1. The molecule has 0 bridgehead atoms. The average molecular weight is 528 g/mol. The highest BCUT2D eigenvalue weighted by Gasteiger charge is 2.46. The number of rotatable bonds is 5. The van der Waals surface area contributed by atoms with Gasteiger partial charge in [0, 0.05) is 9.92 Å². The summed E-state index contributed by atoms with van der Waals surface area (Å²) >= 11 is 10.3. The van der Waals surface area contributed by atoms with E-state index in [1.807, 2.05) is 37.4 Å². The topological polar surface area (TPSA) is 83.4 Å². The van der Waals surface area contributed by atoms with E-state index in [0.29, 0.717) is 31.8 Å². The highest BCUT2D eigenvalue weighted by Crippen LogP contribution is 2.45. The molecule has 0 saturated heterocycles. The van der Waals surface area contributed by atoms with Gasteiger partial charge in [0.15, 0.2) is 10.9 Å². The van der Waals surface area contributed by atoms with Crippen molar-refractivity contribution in [3.8, 4) is 0 Å². The smallest absolute Gasteiger partial charge is 0.296 e. The first-order valence-corrected chi connectivity index (χ1v) is 13.5. The molecule has 0 radical (unpaired) electrons. The van der Waals surface area contributed by atoms with Crippen molar-refractivity contribution in [3.05, 3.63) is 80.0 Å². The zero-order valence-electron chi connectivity index (χ0n) is 18.3. The monoisotopic (exact) mass is 527 g/mol. The molecule has 6 nitrogen and oxygen atoms in total. The summed E-state index contributed by atoms with van der Waals surface area (Å²) in [7, 11) is 0. The van der Waals surface area contributed by atoms with E-state index in [9.17, 15) is 14.7 Å². The van der Waals surface area contributed by atoms with Gasteiger partial charge in [-0.2, -0.15) is 0 Å². The third-order valence-electron chi connectivity index (χ3n) is 5.54. The van der Waals surface area contributed by atoms with E-state index in [1.54, 1.807) is 36.9 Å². The third kappa shape index (κ3) is 3.82. The van der Waals surface area contributed by atoms with Crippen molar-refractivity contribution in [2.75, 3.05) is 11.2 Å². The van der Waals surface area contributed by atoms with E-state index in [1.165, 1.54) is 27.6 Å². The Labute approximate surface area is 212 Å². The van der Waals surface area contributed by atoms with Crippen molar-refractivity contribution in [2.45, 2.75) is 24.8 Å². The molecular weight excluding hydrogens is 510 g/mol. The van der Waals surface area contributed by atoms with E-state index < -0.39 is 23.5 Å². The number of thioether (sulfide) groups is 1. The molecule has 1 aliphatic heterocycles. The summed E-state index contributed by atoms with van der Waals surface area (Å²) < 4.78 is 0.806. The van der Waals surface area contributed by atoms with E-state index in [4.69, 9.17) is 11.6 Å². The molecule has 1 unspecified atom stereocenters. The molecule has 0 spiro atoms. The van der Waals surface area contributed by atoms with Crippen LogP contribution in [-0.4, -0.2) is 33.0 Å². The number of benzene rings is 2. The second-order valence-corrected chi connectivity index (χ2v) is 11.2. The van der Waals surface area contributed by atoms with Crippen LogP contribution in [0.4, 0.5) is 5.13 Å². The van der Waals surface area contributed by atoms with Crippen LogP contribution in [0, 0.1) is 13.8 Å². The number of carbonyl (C=O) groups excluding carboxylic acids is 2. The Morgan fingerprint density at radius 1 is 1.12 bits per heavy atom. The first-order valence-electron chi connectivity index (χ1n) is 10.2. The highest BCUT2D eigenvalue weighted by molar-refractivity contribution is 7.98. The Balaban J connectivity index is 1.68. The van der Waals surface area contributed by atoms with Gasteiger partial charge in [-0.25, -0.2) is 9.97 Å². The van der Waals surface area contributed by atoms with Gasteiger partial charge < -0.3 is 5.11 Å². The van der Waals surface area contributed by atoms with Crippen LogP contribution in [-0.2, 0) is 4.79 Å². The zero-order valence-corrected chi connectivity index (χ0v) is 21.5. The number of halogens is 1. The maximum absolute atomic E-state index is 13.7. The van der Waals surface area contributed by atoms with E-state index >= 15 is 0 Å². The lowest BCUT2D eigenvalue weighted by molar-refractivity contribution is -0.117. The van der Waals surface area contributed by atoms with Crippen molar-refractivity contribution in [2.24, 2.45) is 0 Å². The van der Waals surface area contributed by atoms with Crippen molar-refractivity contribution in [3.63, 3.8) is 0 Å². The maximum Gasteiger partial charge on any atom is 0.296 e. The molecule has 10 heteroatoms. The molecular formula is C24H18ClN3O3S3. The number of anilines is 1. The third-order valence-corrected chi connectivity index (χ3v) is 8.61. The van der Waals surface area contributed by atoms with Crippen LogP contribution in [0.5, 0.6) is 0 Å².